The average Bonchev–Trinajstić information content (AvgIpc) is 2.93. The maximum absolute atomic E-state index is 13.9. The largest absolute Gasteiger partial charge is 0.480 e. The van der Waals surface area contributed by atoms with Crippen molar-refractivity contribution in [1.82, 2.24) is 9.47 Å². The number of halogens is 1. The predicted octanol–water partition coefficient (Wildman–Crippen LogP) is 3.44. The molecule has 1 unspecified atom stereocenters. The quantitative estimate of drug-likeness (QED) is 0.887. The molecule has 144 valence electrons. The molecule has 5 nitrogen and oxygen atoms in total. The van der Waals surface area contributed by atoms with Gasteiger partial charge in [-0.25, -0.2) is 4.39 Å². The number of carboxylic acid groups (broad SMARTS) is 1. The number of hydrogen-bond donors (Lipinski definition) is 1. The van der Waals surface area contributed by atoms with Gasteiger partial charge in [-0.05, 0) is 49.1 Å². The van der Waals surface area contributed by atoms with E-state index in [1.54, 1.807) is 21.7 Å². The van der Waals surface area contributed by atoms with E-state index in [2.05, 4.69) is 0 Å². The smallest absolute Gasteiger partial charge is 0.323 e. The number of carbonyl (C=O) groups is 2. The van der Waals surface area contributed by atoms with Crippen LogP contribution < -0.4 is 0 Å². The van der Waals surface area contributed by atoms with Crippen molar-refractivity contribution in [2.24, 2.45) is 5.92 Å². The Bertz CT molecular complexity index is 1030. The van der Waals surface area contributed by atoms with Crippen LogP contribution in [0.2, 0.25) is 0 Å². The van der Waals surface area contributed by atoms with Gasteiger partial charge in [-0.3, -0.25) is 9.59 Å². The number of allylic oxidation sites excluding steroid dienone is 4. The van der Waals surface area contributed by atoms with Crippen LogP contribution in [0.3, 0.4) is 0 Å². The van der Waals surface area contributed by atoms with Crippen molar-refractivity contribution in [3.05, 3.63) is 71.9 Å². The first-order chi connectivity index (χ1) is 13.5. The van der Waals surface area contributed by atoms with Crippen LogP contribution in [0.25, 0.3) is 10.9 Å². The molecule has 0 fully saturated rings. The van der Waals surface area contributed by atoms with Crippen LogP contribution in [-0.4, -0.2) is 33.0 Å². The Morgan fingerprint density at radius 1 is 1.18 bits per heavy atom. The molecule has 0 saturated carbocycles. The molecule has 1 aromatic heterocycles. The molecule has 1 aliphatic heterocycles. The van der Waals surface area contributed by atoms with E-state index in [0.29, 0.717) is 36.7 Å². The zero-order valence-electron chi connectivity index (χ0n) is 15.3. The number of nitrogens with zero attached hydrogens (tertiary/aromatic N) is 2. The third kappa shape index (κ3) is 3.38. The Morgan fingerprint density at radius 2 is 2.00 bits per heavy atom. The number of hydrogen-bond acceptors (Lipinski definition) is 2. The summed E-state index contributed by atoms with van der Waals surface area (Å²) in [7, 11) is 0. The molecule has 2 aliphatic rings. The molecular formula is C22H21FN2O3. The third-order valence-corrected chi connectivity index (χ3v) is 5.39. The second-order valence-corrected chi connectivity index (χ2v) is 7.15. The van der Waals surface area contributed by atoms with Crippen LogP contribution >= 0.6 is 0 Å². The van der Waals surface area contributed by atoms with E-state index < -0.39 is 5.97 Å². The molecule has 0 bridgehead atoms. The van der Waals surface area contributed by atoms with Crippen molar-refractivity contribution in [3.8, 4) is 0 Å². The molecule has 0 spiro atoms. The summed E-state index contributed by atoms with van der Waals surface area (Å²) < 4.78 is 15.6. The van der Waals surface area contributed by atoms with Gasteiger partial charge in [-0.2, -0.15) is 0 Å². The second-order valence-electron chi connectivity index (χ2n) is 7.15. The van der Waals surface area contributed by atoms with E-state index >= 15 is 0 Å². The lowest BCUT2D eigenvalue weighted by Gasteiger charge is -2.27. The van der Waals surface area contributed by atoms with E-state index in [0.717, 1.165) is 11.3 Å². The maximum atomic E-state index is 13.9. The summed E-state index contributed by atoms with van der Waals surface area (Å²) in [6.45, 7) is 0.348. The molecular weight excluding hydrogens is 359 g/mol. The van der Waals surface area contributed by atoms with Gasteiger partial charge in [-0.1, -0.05) is 24.3 Å². The van der Waals surface area contributed by atoms with Crippen molar-refractivity contribution < 1.29 is 19.1 Å². The van der Waals surface area contributed by atoms with Crippen molar-refractivity contribution in [1.29, 1.82) is 0 Å². The highest BCUT2D eigenvalue weighted by molar-refractivity contribution is 5.89. The van der Waals surface area contributed by atoms with Crippen molar-refractivity contribution >= 4 is 22.8 Å². The summed E-state index contributed by atoms with van der Waals surface area (Å²) in [5, 5.41) is 9.99. The normalized spacial score (nSPS) is 22.2. The minimum Gasteiger partial charge on any atom is -0.480 e. The average molecular weight is 380 g/mol. The number of aliphatic carboxylic acids is 1. The Hall–Kier alpha value is -3.15. The molecule has 0 saturated heterocycles. The number of benzene rings is 1. The first-order valence-corrected chi connectivity index (χ1v) is 9.36. The van der Waals surface area contributed by atoms with Gasteiger partial charge in [-0.15, -0.1) is 0 Å². The summed E-state index contributed by atoms with van der Waals surface area (Å²) in [6, 6.07) is 4.42. The highest BCUT2D eigenvalue weighted by atomic mass is 19.1. The molecule has 2 aromatic rings. The fraction of sp³-hybridized carbons (Fsp3) is 0.273. The molecule has 28 heavy (non-hydrogen) atoms. The first kappa shape index (κ1) is 18.2. The van der Waals surface area contributed by atoms with Gasteiger partial charge in [0.15, 0.2) is 0 Å². The van der Waals surface area contributed by atoms with Crippen LogP contribution in [0.1, 0.15) is 17.7 Å². The number of rotatable bonds is 3. The fourth-order valence-electron chi connectivity index (χ4n) is 4.14. The van der Waals surface area contributed by atoms with Gasteiger partial charge in [0, 0.05) is 35.3 Å². The summed E-state index contributed by atoms with van der Waals surface area (Å²) in [4.78, 5) is 26.1. The van der Waals surface area contributed by atoms with Crippen LogP contribution in [0, 0.1) is 11.7 Å². The molecule has 1 aliphatic carbocycles. The lowest BCUT2D eigenvalue weighted by molar-refractivity contribution is -0.137. The van der Waals surface area contributed by atoms with Gasteiger partial charge < -0.3 is 14.6 Å². The molecule has 1 N–H and O–H groups in total. The minimum absolute atomic E-state index is 0.0392. The molecule has 1 amide bonds. The maximum Gasteiger partial charge on any atom is 0.323 e. The number of amides is 1. The summed E-state index contributed by atoms with van der Waals surface area (Å²) in [5.41, 5.74) is 2.51. The van der Waals surface area contributed by atoms with Gasteiger partial charge >= 0.3 is 5.97 Å². The number of carboxylic acids is 1. The Balaban J connectivity index is 1.69. The zero-order chi connectivity index (χ0) is 19.7. The number of carbonyl (C=O) groups excluding carboxylic acids is 1. The van der Waals surface area contributed by atoms with E-state index in [4.69, 9.17) is 0 Å². The summed E-state index contributed by atoms with van der Waals surface area (Å²) in [5.74, 6) is -1.47. The molecule has 1 aromatic carbocycles. The predicted molar refractivity (Wildman–Crippen MR) is 104 cm³/mol. The van der Waals surface area contributed by atoms with Crippen LogP contribution in [-0.2, 0) is 29.0 Å². The second kappa shape index (κ2) is 7.46. The van der Waals surface area contributed by atoms with Gasteiger partial charge in [0.1, 0.15) is 12.4 Å². The van der Waals surface area contributed by atoms with Crippen LogP contribution in [0.4, 0.5) is 4.39 Å². The van der Waals surface area contributed by atoms with Crippen molar-refractivity contribution in [2.45, 2.75) is 25.8 Å². The van der Waals surface area contributed by atoms with E-state index in [9.17, 15) is 19.1 Å². The van der Waals surface area contributed by atoms with Crippen molar-refractivity contribution in [2.75, 3.05) is 6.54 Å². The standard InChI is InChI=1S/C22H21FN2O3/c23-16-7-9-20-18(13-16)17-12-15(6-8-19(17)25(20)14-21(26)27)22(28)24-10-4-2-1-3-5-11-24/h1-5,7,9-10,13,15H,6,8,11-12,14H2,(H,26,27)/b2-1-,5-3-,10-4-. The van der Waals surface area contributed by atoms with Gasteiger partial charge in [0.25, 0.3) is 0 Å². The minimum atomic E-state index is -0.937. The lowest BCUT2D eigenvalue weighted by atomic mass is 9.85. The highest BCUT2D eigenvalue weighted by Gasteiger charge is 2.31. The molecule has 2 heterocycles. The van der Waals surface area contributed by atoms with Crippen LogP contribution in [0.5, 0.6) is 0 Å². The number of fused-ring (bicyclic) bond motifs is 3. The fourth-order valence-corrected chi connectivity index (χ4v) is 4.14. The molecule has 6 heteroatoms. The topological polar surface area (TPSA) is 62.5 Å². The number of aromatic nitrogens is 1. The van der Waals surface area contributed by atoms with Crippen molar-refractivity contribution in [3.63, 3.8) is 0 Å². The summed E-state index contributed by atoms with van der Waals surface area (Å²) >= 11 is 0. The zero-order valence-corrected chi connectivity index (χ0v) is 15.3. The van der Waals surface area contributed by atoms with Gasteiger partial charge in [0.2, 0.25) is 5.91 Å². The molecule has 1 atom stereocenters. The molecule has 0 radical (unpaired) electrons. The van der Waals surface area contributed by atoms with E-state index in [1.165, 1.54) is 12.1 Å². The monoisotopic (exact) mass is 380 g/mol. The lowest BCUT2D eigenvalue weighted by Crippen LogP contribution is -2.35. The van der Waals surface area contributed by atoms with E-state index in [-0.39, 0.29) is 24.2 Å². The van der Waals surface area contributed by atoms with Crippen LogP contribution in [0.15, 0.2) is 54.8 Å². The Labute approximate surface area is 162 Å². The van der Waals surface area contributed by atoms with Gasteiger partial charge in [0.05, 0.1) is 0 Å². The first-order valence-electron chi connectivity index (χ1n) is 9.36. The Morgan fingerprint density at radius 3 is 2.82 bits per heavy atom. The SMILES string of the molecule is O=C(O)Cn1c2c(c3cc(F)ccc31)CC(C(=O)N1\C=C/C=C\C=C/C1)CC2. The summed E-state index contributed by atoms with van der Waals surface area (Å²) in [6.07, 6.45) is 13.0. The molecule has 4 rings (SSSR count). The van der Waals surface area contributed by atoms with E-state index in [1.807, 2.05) is 30.4 Å². The highest BCUT2D eigenvalue weighted by Crippen LogP contribution is 2.35. The Kier molecular flexibility index (Phi) is 4.86. The third-order valence-electron chi connectivity index (χ3n) is 5.39.